The highest BCUT2D eigenvalue weighted by Crippen LogP contribution is 2.38. The van der Waals surface area contributed by atoms with Crippen LogP contribution >= 0.6 is 0 Å². The number of hydrogen-bond acceptors (Lipinski definition) is 9. The van der Waals surface area contributed by atoms with E-state index in [9.17, 15) is 9.59 Å². The average Bonchev–Trinajstić information content (AvgIpc) is 3.29. The number of methoxy groups -OCH3 is 1. The Morgan fingerprint density at radius 2 is 1.90 bits per heavy atom. The first-order valence-electron chi connectivity index (χ1n) is 13.4. The standard InChI is InChI=1S/C31H36N6O5/c1-8-28(38)33-24-15-23(26(40-7)16-27(24)41-14-13-36(4)5)34-31-32-17-21(30(39)42-19(2)3)29(35-31)22-18-37(6)25-12-10-9-11-20(22)25/h8-12,15-19H,1,13-14H2,2-7H3,(H,33,38)(H,32,34,35). The van der Waals surface area contributed by atoms with Gasteiger partial charge in [-0.1, -0.05) is 24.8 Å². The molecular formula is C31H36N6O5. The maximum absolute atomic E-state index is 13.1. The highest BCUT2D eigenvalue weighted by Gasteiger charge is 2.22. The van der Waals surface area contributed by atoms with Crippen LogP contribution < -0.4 is 20.1 Å². The molecule has 0 spiro atoms. The molecule has 0 saturated carbocycles. The first kappa shape index (κ1) is 30.1. The Morgan fingerprint density at radius 1 is 1.14 bits per heavy atom. The quantitative estimate of drug-likeness (QED) is 0.178. The Bertz CT molecular complexity index is 1610. The Morgan fingerprint density at radius 3 is 2.60 bits per heavy atom. The van der Waals surface area contributed by atoms with Crippen molar-refractivity contribution in [3.63, 3.8) is 0 Å². The van der Waals surface area contributed by atoms with Gasteiger partial charge in [0.05, 0.1) is 30.3 Å². The van der Waals surface area contributed by atoms with Gasteiger partial charge in [-0.15, -0.1) is 0 Å². The van der Waals surface area contributed by atoms with Crippen molar-refractivity contribution >= 4 is 40.1 Å². The number of rotatable bonds is 12. The molecule has 2 aromatic carbocycles. The number of para-hydroxylation sites is 1. The lowest BCUT2D eigenvalue weighted by Crippen LogP contribution is -2.20. The lowest BCUT2D eigenvalue weighted by atomic mass is 10.1. The van der Waals surface area contributed by atoms with E-state index in [1.807, 2.05) is 61.1 Å². The van der Waals surface area contributed by atoms with Crippen LogP contribution in [-0.2, 0) is 16.6 Å². The molecule has 0 unspecified atom stereocenters. The number of carbonyl (C=O) groups excluding carboxylic acids is 2. The number of hydrogen-bond donors (Lipinski definition) is 2. The smallest absolute Gasteiger partial charge is 0.342 e. The Labute approximate surface area is 245 Å². The summed E-state index contributed by atoms with van der Waals surface area (Å²) in [6, 6.07) is 11.2. The predicted octanol–water partition coefficient (Wildman–Crippen LogP) is 5.02. The summed E-state index contributed by atoms with van der Waals surface area (Å²) < 4.78 is 19.1. The number of anilines is 3. The summed E-state index contributed by atoms with van der Waals surface area (Å²) in [4.78, 5) is 36.5. The minimum Gasteiger partial charge on any atom is -0.494 e. The molecule has 0 atom stereocenters. The van der Waals surface area contributed by atoms with Crippen LogP contribution in [0.15, 0.2) is 61.4 Å². The Hall–Kier alpha value is -4.90. The van der Waals surface area contributed by atoms with Gasteiger partial charge in [0.2, 0.25) is 11.9 Å². The number of esters is 1. The van der Waals surface area contributed by atoms with Crippen molar-refractivity contribution < 1.29 is 23.8 Å². The molecule has 0 radical (unpaired) electrons. The SMILES string of the molecule is C=CC(=O)Nc1cc(Nc2ncc(C(=O)OC(C)C)c(-c3cn(C)c4ccccc34)n2)c(OC)cc1OCCN(C)C. The summed E-state index contributed by atoms with van der Waals surface area (Å²) in [5.41, 5.74) is 3.27. The molecule has 0 bridgehead atoms. The third-order valence-corrected chi connectivity index (χ3v) is 6.29. The van der Waals surface area contributed by atoms with Crippen LogP contribution in [0.5, 0.6) is 11.5 Å². The second-order valence-electron chi connectivity index (χ2n) is 10.1. The fourth-order valence-electron chi connectivity index (χ4n) is 4.29. The predicted molar refractivity (Wildman–Crippen MR) is 164 cm³/mol. The molecule has 0 fully saturated rings. The highest BCUT2D eigenvalue weighted by atomic mass is 16.5. The van der Waals surface area contributed by atoms with Gasteiger partial charge in [0.15, 0.2) is 0 Å². The molecule has 4 aromatic rings. The van der Waals surface area contributed by atoms with Crippen LogP contribution in [0.4, 0.5) is 17.3 Å². The molecule has 42 heavy (non-hydrogen) atoms. The molecule has 2 heterocycles. The molecule has 1 amide bonds. The molecule has 11 nitrogen and oxygen atoms in total. The molecule has 2 aromatic heterocycles. The fourth-order valence-corrected chi connectivity index (χ4v) is 4.29. The summed E-state index contributed by atoms with van der Waals surface area (Å²) in [7, 11) is 7.35. The molecule has 0 aliphatic carbocycles. The van der Waals surface area contributed by atoms with Crippen LogP contribution in [0.3, 0.4) is 0 Å². The maximum atomic E-state index is 13.1. The number of benzene rings is 2. The summed E-state index contributed by atoms with van der Waals surface area (Å²) in [5, 5.41) is 6.89. The van der Waals surface area contributed by atoms with Crippen molar-refractivity contribution in [1.82, 2.24) is 19.4 Å². The van der Waals surface area contributed by atoms with Gasteiger partial charge >= 0.3 is 5.97 Å². The van der Waals surface area contributed by atoms with Crippen LogP contribution in [0.25, 0.3) is 22.2 Å². The lowest BCUT2D eigenvalue weighted by Gasteiger charge is -2.18. The monoisotopic (exact) mass is 572 g/mol. The third-order valence-electron chi connectivity index (χ3n) is 6.29. The second-order valence-corrected chi connectivity index (χ2v) is 10.1. The zero-order valence-corrected chi connectivity index (χ0v) is 24.7. The Kier molecular flexibility index (Phi) is 9.43. The normalized spacial score (nSPS) is 11.0. The molecule has 0 saturated heterocycles. The van der Waals surface area contributed by atoms with Crippen molar-refractivity contribution in [2.24, 2.45) is 7.05 Å². The lowest BCUT2D eigenvalue weighted by molar-refractivity contribution is -0.111. The number of fused-ring (bicyclic) bond motifs is 1. The van der Waals surface area contributed by atoms with Gasteiger partial charge in [-0.3, -0.25) is 4.79 Å². The van der Waals surface area contributed by atoms with E-state index in [1.165, 1.54) is 19.4 Å². The molecule has 0 aliphatic heterocycles. The van der Waals surface area contributed by atoms with E-state index in [0.717, 1.165) is 16.5 Å². The van der Waals surface area contributed by atoms with Crippen molar-refractivity contribution in [1.29, 1.82) is 0 Å². The van der Waals surface area contributed by atoms with Crippen LogP contribution in [0.2, 0.25) is 0 Å². The molecular weight excluding hydrogens is 536 g/mol. The van der Waals surface area contributed by atoms with Crippen LogP contribution in [0, 0.1) is 0 Å². The first-order valence-corrected chi connectivity index (χ1v) is 13.4. The second kappa shape index (κ2) is 13.2. The molecule has 220 valence electrons. The van der Waals surface area contributed by atoms with E-state index in [2.05, 4.69) is 22.2 Å². The van der Waals surface area contributed by atoms with E-state index < -0.39 is 11.9 Å². The van der Waals surface area contributed by atoms with E-state index >= 15 is 0 Å². The maximum Gasteiger partial charge on any atom is 0.342 e. The zero-order valence-electron chi connectivity index (χ0n) is 24.7. The van der Waals surface area contributed by atoms with Gasteiger partial charge in [0.1, 0.15) is 23.7 Å². The third kappa shape index (κ3) is 6.87. The minimum atomic E-state index is -0.522. The van der Waals surface area contributed by atoms with E-state index in [0.29, 0.717) is 41.7 Å². The molecule has 11 heteroatoms. The van der Waals surface area contributed by atoms with Gasteiger partial charge < -0.3 is 34.3 Å². The number of aromatic nitrogens is 3. The highest BCUT2D eigenvalue weighted by molar-refractivity contribution is 6.03. The minimum absolute atomic E-state index is 0.208. The van der Waals surface area contributed by atoms with Gasteiger partial charge in [-0.2, -0.15) is 0 Å². The van der Waals surface area contributed by atoms with E-state index in [-0.39, 0.29) is 17.6 Å². The van der Waals surface area contributed by atoms with Crippen molar-refractivity contribution in [3.8, 4) is 22.8 Å². The fraction of sp³-hybridized carbons (Fsp3) is 0.290. The summed E-state index contributed by atoms with van der Waals surface area (Å²) in [6.45, 7) is 8.18. The summed E-state index contributed by atoms with van der Waals surface area (Å²) in [5.74, 6) is 0.153. The Balaban J connectivity index is 1.79. The number of aryl methyl sites for hydroxylation is 1. The number of carbonyl (C=O) groups is 2. The number of nitrogens with zero attached hydrogens (tertiary/aromatic N) is 4. The topological polar surface area (TPSA) is 120 Å². The number of likely N-dealkylation sites (N-methyl/N-ethyl adjacent to an activating group) is 1. The van der Waals surface area contributed by atoms with E-state index in [1.54, 1.807) is 26.0 Å². The van der Waals surface area contributed by atoms with Gasteiger partial charge in [-0.05, 0) is 46.2 Å². The molecule has 4 rings (SSSR count). The summed E-state index contributed by atoms with van der Waals surface area (Å²) in [6.07, 6.45) is 4.23. The van der Waals surface area contributed by atoms with Crippen molar-refractivity contribution in [2.45, 2.75) is 20.0 Å². The van der Waals surface area contributed by atoms with Crippen molar-refractivity contribution in [2.75, 3.05) is 45.0 Å². The number of amides is 1. The van der Waals surface area contributed by atoms with Gasteiger partial charge in [0.25, 0.3) is 0 Å². The average molecular weight is 573 g/mol. The van der Waals surface area contributed by atoms with Crippen LogP contribution in [0.1, 0.15) is 24.2 Å². The molecule has 0 aliphatic rings. The molecule has 2 N–H and O–H groups in total. The first-order chi connectivity index (χ1) is 20.1. The van der Waals surface area contributed by atoms with E-state index in [4.69, 9.17) is 19.2 Å². The summed E-state index contributed by atoms with van der Waals surface area (Å²) >= 11 is 0. The largest absolute Gasteiger partial charge is 0.494 e. The number of nitrogens with one attached hydrogen (secondary N) is 2. The van der Waals surface area contributed by atoms with Crippen LogP contribution in [-0.4, -0.2) is 71.8 Å². The van der Waals surface area contributed by atoms with Crippen molar-refractivity contribution in [3.05, 3.63) is 67.0 Å². The number of ether oxygens (including phenoxy) is 3. The van der Waals surface area contributed by atoms with Gasteiger partial charge in [0, 0.05) is 48.5 Å². The van der Waals surface area contributed by atoms with Gasteiger partial charge in [-0.25, -0.2) is 14.8 Å². The zero-order chi connectivity index (χ0) is 30.4.